The molecule has 0 bridgehead atoms. The maximum atomic E-state index is 13.0. The molecule has 0 unspecified atom stereocenters. The Morgan fingerprint density at radius 1 is 1.14 bits per heavy atom. The van der Waals surface area contributed by atoms with Crippen molar-refractivity contribution in [3.8, 4) is 0 Å². The van der Waals surface area contributed by atoms with Gasteiger partial charge in [-0.3, -0.25) is 9.59 Å². The van der Waals surface area contributed by atoms with Crippen molar-refractivity contribution in [2.45, 2.75) is 19.4 Å². The second-order valence-electron chi connectivity index (χ2n) is 6.78. The van der Waals surface area contributed by atoms with Gasteiger partial charge in [0, 0.05) is 29.7 Å². The minimum Gasteiger partial charge on any atom is -0.361 e. The molecule has 0 aliphatic rings. The molecular formula is C22H20N4O2S. The van der Waals surface area contributed by atoms with Gasteiger partial charge in [-0.15, -0.1) is 11.3 Å². The summed E-state index contributed by atoms with van der Waals surface area (Å²) in [4.78, 5) is 33.6. The molecule has 0 radical (unpaired) electrons. The lowest BCUT2D eigenvalue weighted by Gasteiger charge is -2.18. The summed E-state index contributed by atoms with van der Waals surface area (Å²) in [7, 11) is 0. The van der Waals surface area contributed by atoms with Crippen molar-refractivity contribution in [1.29, 1.82) is 0 Å². The Kier molecular flexibility index (Phi) is 5.39. The zero-order chi connectivity index (χ0) is 20.2. The highest BCUT2D eigenvalue weighted by Crippen LogP contribution is 2.20. The van der Waals surface area contributed by atoms with Crippen LogP contribution in [0, 0.1) is 6.92 Å². The number of anilines is 1. The zero-order valence-corrected chi connectivity index (χ0v) is 16.6. The largest absolute Gasteiger partial charge is 0.361 e. The van der Waals surface area contributed by atoms with E-state index in [2.05, 4.69) is 20.6 Å². The number of H-pyrrole nitrogens is 1. The number of amides is 2. The van der Waals surface area contributed by atoms with Gasteiger partial charge < -0.3 is 15.6 Å². The van der Waals surface area contributed by atoms with Crippen molar-refractivity contribution in [2.24, 2.45) is 0 Å². The Balaban J connectivity index is 1.58. The predicted molar refractivity (Wildman–Crippen MR) is 115 cm³/mol. The lowest BCUT2D eigenvalue weighted by Crippen LogP contribution is -2.45. The summed E-state index contributed by atoms with van der Waals surface area (Å²) >= 11 is 1.34. The molecule has 1 atom stereocenters. The Hall–Kier alpha value is -3.45. The molecule has 0 fully saturated rings. The molecule has 3 heterocycles. The first-order chi connectivity index (χ1) is 14.1. The van der Waals surface area contributed by atoms with Gasteiger partial charge in [-0.25, -0.2) is 4.98 Å². The summed E-state index contributed by atoms with van der Waals surface area (Å²) in [5, 5.41) is 8.55. The Morgan fingerprint density at radius 3 is 2.76 bits per heavy atom. The van der Waals surface area contributed by atoms with Crippen LogP contribution in [0.1, 0.15) is 20.8 Å². The Bertz CT molecular complexity index is 1130. The summed E-state index contributed by atoms with van der Waals surface area (Å²) in [5.41, 5.74) is 2.96. The number of hydrogen-bond acceptors (Lipinski definition) is 4. The van der Waals surface area contributed by atoms with Gasteiger partial charge in [-0.1, -0.05) is 30.3 Å². The van der Waals surface area contributed by atoms with E-state index in [0.717, 1.165) is 22.0 Å². The fourth-order valence-corrected chi connectivity index (χ4v) is 3.75. The summed E-state index contributed by atoms with van der Waals surface area (Å²) in [6.45, 7) is 1.93. The molecule has 0 spiro atoms. The number of thiophene rings is 1. The van der Waals surface area contributed by atoms with Crippen LogP contribution in [0.25, 0.3) is 10.9 Å². The summed E-state index contributed by atoms with van der Waals surface area (Å²) in [5.74, 6) is -0.122. The zero-order valence-electron chi connectivity index (χ0n) is 15.8. The number of rotatable bonds is 6. The number of aromatic amines is 1. The molecule has 7 heteroatoms. The van der Waals surface area contributed by atoms with E-state index in [0.29, 0.717) is 17.1 Å². The molecule has 3 aromatic heterocycles. The number of nitrogens with one attached hydrogen (secondary N) is 3. The van der Waals surface area contributed by atoms with Crippen molar-refractivity contribution in [2.75, 3.05) is 5.32 Å². The third kappa shape index (κ3) is 4.35. The van der Waals surface area contributed by atoms with Gasteiger partial charge in [0.15, 0.2) is 0 Å². The topological polar surface area (TPSA) is 86.9 Å². The molecule has 0 aliphatic carbocycles. The van der Waals surface area contributed by atoms with E-state index in [9.17, 15) is 9.59 Å². The van der Waals surface area contributed by atoms with Gasteiger partial charge >= 0.3 is 0 Å². The number of nitrogens with zero attached hydrogens (tertiary/aromatic N) is 1. The number of aromatic nitrogens is 2. The molecule has 2 amide bonds. The molecule has 3 N–H and O–H groups in total. The molecule has 1 aromatic carbocycles. The third-order valence-corrected chi connectivity index (χ3v) is 5.50. The van der Waals surface area contributed by atoms with Gasteiger partial charge in [0.05, 0.1) is 4.88 Å². The number of carbonyl (C=O) groups is 2. The molecule has 4 aromatic rings. The van der Waals surface area contributed by atoms with Crippen LogP contribution in [0.15, 0.2) is 66.3 Å². The number of para-hydroxylation sites is 1. The molecule has 0 aliphatic heterocycles. The maximum absolute atomic E-state index is 13.0. The molecule has 146 valence electrons. The van der Waals surface area contributed by atoms with Crippen LogP contribution in [0.3, 0.4) is 0 Å². The highest BCUT2D eigenvalue weighted by Gasteiger charge is 2.24. The van der Waals surface area contributed by atoms with Gasteiger partial charge in [-0.2, -0.15) is 0 Å². The quantitative estimate of drug-likeness (QED) is 0.455. The van der Waals surface area contributed by atoms with Crippen LogP contribution in [0.5, 0.6) is 0 Å². The van der Waals surface area contributed by atoms with Crippen LogP contribution in [0.2, 0.25) is 0 Å². The first kappa shape index (κ1) is 18.9. The standard InChI is InChI=1S/C22H20N4O2S/c1-14-8-9-20(24-12-14)26-21(27)18(25-22(28)19-7-4-10-29-19)11-15-13-23-17-6-3-2-5-16(15)17/h2-10,12-13,18,23H,11H2,1H3,(H,25,28)(H,24,26,27)/t18-/m0/s1. The summed E-state index contributed by atoms with van der Waals surface area (Å²) < 4.78 is 0. The number of fused-ring (bicyclic) bond motifs is 1. The second kappa shape index (κ2) is 8.28. The number of pyridine rings is 1. The predicted octanol–water partition coefficient (Wildman–Crippen LogP) is 3.91. The monoisotopic (exact) mass is 404 g/mol. The fourth-order valence-electron chi connectivity index (χ4n) is 3.12. The van der Waals surface area contributed by atoms with E-state index in [4.69, 9.17) is 0 Å². The van der Waals surface area contributed by atoms with Crippen molar-refractivity contribution in [3.05, 3.63) is 82.3 Å². The highest BCUT2D eigenvalue weighted by molar-refractivity contribution is 7.12. The maximum Gasteiger partial charge on any atom is 0.262 e. The normalized spacial score (nSPS) is 11.9. The van der Waals surface area contributed by atoms with Crippen molar-refractivity contribution < 1.29 is 9.59 Å². The van der Waals surface area contributed by atoms with Crippen LogP contribution >= 0.6 is 11.3 Å². The number of carbonyl (C=O) groups excluding carboxylic acids is 2. The van der Waals surface area contributed by atoms with Gasteiger partial charge in [0.1, 0.15) is 11.9 Å². The lowest BCUT2D eigenvalue weighted by atomic mass is 10.0. The Morgan fingerprint density at radius 2 is 2.00 bits per heavy atom. The Labute approximate surface area is 172 Å². The summed E-state index contributed by atoms with van der Waals surface area (Å²) in [6.07, 6.45) is 3.93. The van der Waals surface area contributed by atoms with E-state index in [1.807, 2.05) is 54.9 Å². The highest BCUT2D eigenvalue weighted by atomic mass is 32.1. The molecule has 0 saturated heterocycles. The van der Waals surface area contributed by atoms with E-state index < -0.39 is 6.04 Å². The number of hydrogen-bond donors (Lipinski definition) is 3. The fraction of sp³-hybridized carbons (Fsp3) is 0.136. The van der Waals surface area contributed by atoms with Gasteiger partial charge in [-0.05, 0) is 41.6 Å². The minimum absolute atomic E-state index is 0.267. The van der Waals surface area contributed by atoms with E-state index in [1.165, 1.54) is 11.3 Å². The smallest absolute Gasteiger partial charge is 0.262 e. The van der Waals surface area contributed by atoms with Crippen molar-refractivity contribution in [3.63, 3.8) is 0 Å². The molecule has 6 nitrogen and oxygen atoms in total. The van der Waals surface area contributed by atoms with Crippen LogP contribution in [-0.2, 0) is 11.2 Å². The molecular weight excluding hydrogens is 384 g/mol. The minimum atomic E-state index is -0.744. The van der Waals surface area contributed by atoms with E-state index >= 15 is 0 Å². The molecule has 29 heavy (non-hydrogen) atoms. The molecule has 0 saturated carbocycles. The van der Waals surface area contributed by atoms with Crippen LogP contribution < -0.4 is 10.6 Å². The summed E-state index contributed by atoms with van der Waals surface area (Å²) in [6, 6.07) is 14.3. The lowest BCUT2D eigenvalue weighted by molar-refractivity contribution is -0.118. The first-order valence-electron chi connectivity index (χ1n) is 9.23. The average molecular weight is 404 g/mol. The second-order valence-corrected chi connectivity index (χ2v) is 7.72. The van der Waals surface area contributed by atoms with Gasteiger partial charge in [0.25, 0.3) is 5.91 Å². The van der Waals surface area contributed by atoms with E-state index in [-0.39, 0.29) is 11.8 Å². The van der Waals surface area contributed by atoms with E-state index in [1.54, 1.807) is 18.3 Å². The molecule has 4 rings (SSSR count). The SMILES string of the molecule is Cc1ccc(NC(=O)[C@H](Cc2c[nH]c3ccccc23)NC(=O)c2cccs2)nc1. The average Bonchev–Trinajstić information content (AvgIpc) is 3.40. The first-order valence-corrected chi connectivity index (χ1v) is 10.1. The van der Waals surface area contributed by atoms with Crippen molar-refractivity contribution in [1.82, 2.24) is 15.3 Å². The third-order valence-electron chi connectivity index (χ3n) is 4.63. The van der Waals surface area contributed by atoms with Gasteiger partial charge in [0.2, 0.25) is 5.91 Å². The number of benzene rings is 1. The van der Waals surface area contributed by atoms with Crippen LogP contribution in [0.4, 0.5) is 5.82 Å². The number of aryl methyl sites for hydroxylation is 1. The van der Waals surface area contributed by atoms with Crippen molar-refractivity contribution >= 4 is 39.9 Å². The van der Waals surface area contributed by atoms with Crippen LogP contribution in [-0.4, -0.2) is 27.8 Å².